The van der Waals surface area contributed by atoms with Gasteiger partial charge in [0.15, 0.2) is 0 Å². The molecule has 2 heterocycles. The number of aryl methyl sites for hydroxylation is 1. The Kier molecular flexibility index (Phi) is 4.85. The predicted octanol–water partition coefficient (Wildman–Crippen LogP) is 6.22. The first-order valence-corrected chi connectivity index (χ1v) is 9.60. The molecule has 2 aromatic carbocycles. The van der Waals surface area contributed by atoms with Crippen LogP contribution < -0.4 is 0 Å². The Hall–Kier alpha value is -2.07. The highest BCUT2D eigenvalue weighted by atomic mass is 19.4. The van der Waals surface area contributed by atoms with Gasteiger partial charge < -0.3 is 0 Å². The molecule has 1 fully saturated rings. The fourth-order valence-corrected chi connectivity index (χ4v) is 4.50. The topological polar surface area (TPSA) is 3.24 Å². The van der Waals surface area contributed by atoms with Crippen LogP contribution in [0, 0.1) is 6.92 Å². The van der Waals surface area contributed by atoms with Gasteiger partial charge in [0.25, 0.3) is 0 Å². The molecule has 0 aliphatic carbocycles. The lowest BCUT2D eigenvalue weighted by molar-refractivity contribution is -0.138. The number of halogens is 3. The minimum atomic E-state index is -4.30. The van der Waals surface area contributed by atoms with Crippen molar-refractivity contribution in [3.8, 4) is 0 Å². The van der Waals surface area contributed by atoms with Gasteiger partial charge in [-0.15, -0.1) is 0 Å². The average Bonchev–Trinajstić information content (AvgIpc) is 2.62. The molecule has 2 aliphatic rings. The van der Waals surface area contributed by atoms with Crippen molar-refractivity contribution in [1.82, 2.24) is 4.90 Å². The molecule has 0 N–H and O–H groups in total. The Balaban J connectivity index is 1.63. The van der Waals surface area contributed by atoms with Gasteiger partial charge in [0, 0.05) is 18.6 Å². The van der Waals surface area contributed by atoms with Crippen LogP contribution in [-0.4, -0.2) is 17.0 Å². The van der Waals surface area contributed by atoms with Crippen LogP contribution in [0.2, 0.25) is 0 Å². The third kappa shape index (κ3) is 3.81. The highest BCUT2D eigenvalue weighted by Crippen LogP contribution is 2.40. The molecule has 142 valence electrons. The summed E-state index contributed by atoms with van der Waals surface area (Å²) < 4.78 is 39.9. The minimum Gasteiger partial charge on any atom is -0.289 e. The van der Waals surface area contributed by atoms with E-state index in [0.717, 1.165) is 36.9 Å². The van der Waals surface area contributed by atoms with E-state index in [2.05, 4.69) is 35.2 Å². The van der Waals surface area contributed by atoms with Crippen LogP contribution in [0.3, 0.4) is 0 Å². The van der Waals surface area contributed by atoms with Gasteiger partial charge in [0.05, 0.1) is 5.56 Å². The fourth-order valence-electron chi connectivity index (χ4n) is 4.50. The fraction of sp³-hybridized carbons (Fsp3) is 0.391. The van der Waals surface area contributed by atoms with Crippen LogP contribution in [0.15, 0.2) is 54.6 Å². The molecule has 0 aromatic heterocycles. The van der Waals surface area contributed by atoms with Crippen LogP contribution >= 0.6 is 0 Å². The highest BCUT2D eigenvalue weighted by Gasteiger charge is 2.36. The molecular formula is C23H24F3N. The Morgan fingerprint density at radius 1 is 1.04 bits per heavy atom. The molecule has 0 saturated carbocycles. The summed E-state index contributed by atoms with van der Waals surface area (Å²) in [7, 11) is 0. The first-order valence-electron chi connectivity index (χ1n) is 9.60. The van der Waals surface area contributed by atoms with Gasteiger partial charge in [0.1, 0.15) is 0 Å². The van der Waals surface area contributed by atoms with Crippen molar-refractivity contribution in [2.75, 3.05) is 0 Å². The summed E-state index contributed by atoms with van der Waals surface area (Å²) in [5, 5.41) is 0. The normalized spacial score (nSPS) is 23.2. The SMILES string of the molecule is Cc1ccc(C2=CC3CCCC(C2)N3Cc2ccccc2)cc1C(F)(F)F. The van der Waals surface area contributed by atoms with Crippen LogP contribution in [0.25, 0.3) is 5.57 Å². The van der Waals surface area contributed by atoms with E-state index in [1.165, 1.54) is 25.0 Å². The summed E-state index contributed by atoms with van der Waals surface area (Å²) in [6, 6.07) is 15.9. The largest absolute Gasteiger partial charge is 0.416 e. The molecule has 1 nitrogen and oxygen atoms in total. The Bertz CT molecular complexity index is 838. The number of rotatable bonds is 3. The summed E-state index contributed by atoms with van der Waals surface area (Å²) in [6.45, 7) is 2.43. The van der Waals surface area contributed by atoms with Crippen molar-refractivity contribution in [3.05, 3.63) is 76.9 Å². The van der Waals surface area contributed by atoms with Gasteiger partial charge >= 0.3 is 6.18 Å². The second-order valence-electron chi connectivity index (χ2n) is 7.73. The van der Waals surface area contributed by atoms with Crippen molar-refractivity contribution in [2.45, 2.75) is 57.4 Å². The van der Waals surface area contributed by atoms with E-state index >= 15 is 0 Å². The zero-order valence-corrected chi connectivity index (χ0v) is 15.5. The zero-order chi connectivity index (χ0) is 19.0. The number of hydrogen-bond acceptors (Lipinski definition) is 1. The number of benzene rings is 2. The molecular weight excluding hydrogens is 347 g/mol. The van der Waals surface area contributed by atoms with E-state index in [9.17, 15) is 13.2 Å². The average molecular weight is 371 g/mol. The first kappa shape index (κ1) is 18.3. The third-order valence-electron chi connectivity index (χ3n) is 5.90. The van der Waals surface area contributed by atoms with E-state index in [1.807, 2.05) is 12.1 Å². The van der Waals surface area contributed by atoms with Gasteiger partial charge in [-0.3, -0.25) is 4.90 Å². The second kappa shape index (κ2) is 7.16. The first-order chi connectivity index (χ1) is 12.9. The lowest BCUT2D eigenvalue weighted by Crippen LogP contribution is -2.47. The van der Waals surface area contributed by atoms with Gasteiger partial charge in [-0.05, 0) is 54.5 Å². The molecule has 0 amide bonds. The molecule has 27 heavy (non-hydrogen) atoms. The summed E-state index contributed by atoms with van der Waals surface area (Å²) in [5.41, 5.74) is 2.86. The van der Waals surface area contributed by atoms with Crippen molar-refractivity contribution < 1.29 is 13.2 Å². The molecule has 0 spiro atoms. The number of nitrogens with zero attached hydrogens (tertiary/aromatic N) is 1. The van der Waals surface area contributed by atoms with Crippen molar-refractivity contribution in [2.24, 2.45) is 0 Å². The van der Waals surface area contributed by atoms with Crippen molar-refractivity contribution in [3.63, 3.8) is 0 Å². The van der Waals surface area contributed by atoms with Crippen molar-refractivity contribution >= 4 is 5.57 Å². The molecule has 2 bridgehead atoms. The minimum absolute atomic E-state index is 0.286. The number of piperidine rings is 1. The molecule has 4 rings (SSSR count). The van der Waals surface area contributed by atoms with Gasteiger partial charge in [-0.2, -0.15) is 13.2 Å². The Labute approximate surface area is 158 Å². The lowest BCUT2D eigenvalue weighted by atomic mass is 9.82. The molecule has 4 heteroatoms. The monoisotopic (exact) mass is 371 g/mol. The van der Waals surface area contributed by atoms with E-state index in [-0.39, 0.29) is 5.56 Å². The van der Waals surface area contributed by atoms with E-state index in [1.54, 1.807) is 6.07 Å². The molecule has 2 atom stereocenters. The molecule has 2 unspecified atom stereocenters. The van der Waals surface area contributed by atoms with Crippen LogP contribution in [0.5, 0.6) is 0 Å². The van der Waals surface area contributed by atoms with E-state index < -0.39 is 11.7 Å². The molecule has 1 saturated heterocycles. The predicted molar refractivity (Wildman–Crippen MR) is 102 cm³/mol. The van der Waals surface area contributed by atoms with Crippen LogP contribution in [0.1, 0.15) is 47.9 Å². The quantitative estimate of drug-likeness (QED) is 0.619. The number of alkyl halides is 3. The maximum atomic E-state index is 13.3. The summed E-state index contributed by atoms with van der Waals surface area (Å²) in [6.07, 6.45) is 2.10. The van der Waals surface area contributed by atoms with Gasteiger partial charge in [-0.25, -0.2) is 0 Å². The van der Waals surface area contributed by atoms with E-state index in [0.29, 0.717) is 12.1 Å². The van der Waals surface area contributed by atoms with Crippen molar-refractivity contribution in [1.29, 1.82) is 0 Å². The standard InChI is InChI=1S/C23H24F3N/c1-16-10-11-18(14-22(16)23(24,25)26)19-12-20-8-5-9-21(13-19)27(20)15-17-6-3-2-4-7-17/h2-4,6-7,10-12,14,20-21H,5,8-9,13,15H2,1H3. The number of fused-ring (bicyclic) bond motifs is 2. The Morgan fingerprint density at radius 2 is 1.81 bits per heavy atom. The molecule has 2 aromatic rings. The van der Waals surface area contributed by atoms with Gasteiger partial charge in [-0.1, -0.05) is 55.0 Å². The van der Waals surface area contributed by atoms with Crippen LogP contribution in [-0.2, 0) is 12.7 Å². The summed E-state index contributed by atoms with van der Waals surface area (Å²) >= 11 is 0. The third-order valence-corrected chi connectivity index (χ3v) is 5.90. The summed E-state index contributed by atoms with van der Waals surface area (Å²) in [4.78, 5) is 2.53. The molecule has 2 aliphatic heterocycles. The van der Waals surface area contributed by atoms with Gasteiger partial charge in [0.2, 0.25) is 0 Å². The highest BCUT2D eigenvalue weighted by molar-refractivity contribution is 5.69. The maximum absolute atomic E-state index is 13.3. The second-order valence-corrected chi connectivity index (χ2v) is 7.73. The lowest BCUT2D eigenvalue weighted by Gasteiger charge is -2.45. The Morgan fingerprint density at radius 3 is 2.52 bits per heavy atom. The van der Waals surface area contributed by atoms with Crippen LogP contribution in [0.4, 0.5) is 13.2 Å². The zero-order valence-electron chi connectivity index (χ0n) is 15.5. The smallest absolute Gasteiger partial charge is 0.289 e. The number of hydrogen-bond donors (Lipinski definition) is 0. The molecule has 0 radical (unpaired) electrons. The summed E-state index contributed by atoms with van der Waals surface area (Å²) in [5.74, 6) is 0. The van der Waals surface area contributed by atoms with E-state index in [4.69, 9.17) is 0 Å². The maximum Gasteiger partial charge on any atom is 0.416 e.